The number of anilines is 1. The Morgan fingerprint density at radius 3 is 2.68 bits per heavy atom. The monoisotopic (exact) mass is 265 g/mol. The second kappa shape index (κ2) is 7.67. The van der Waals surface area contributed by atoms with Crippen molar-refractivity contribution in [3.63, 3.8) is 0 Å². The lowest BCUT2D eigenvalue weighted by Gasteiger charge is -2.15. The predicted molar refractivity (Wildman–Crippen MR) is 76.0 cm³/mol. The zero-order chi connectivity index (χ0) is 14.3. The van der Waals surface area contributed by atoms with Crippen molar-refractivity contribution in [2.45, 2.75) is 39.7 Å². The fourth-order valence-corrected chi connectivity index (χ4v) is 1.85. The van der Waals surface area contributed by atoms with Gasteiger partial charge in [-0.1, -0.05) is 19.9 Å². The maximum Gasteiger partial charge on any atom is 0.309 e. The van der Waals surface area contributed by atoms with Gasteiger partial charge in [0.2, 0.25) is 0 Å². The molecule has 1 aromatic carbocycles. The van der Waals surface area contributed by atoms with E-state index in [1.165, 1.54) is 0 Å². The van der Waals surface area contributed by atoms with Crippen LogP contribution in [0.1, 0.15) is 33.6 Å². The lowest BCUT2D eigenvalue weighted by atomic mass is 10.1. The van der Waals surface area contributed by atoms with Crippen molar-refractivity contribution in [3.05, 3.63) is 24.3 Å². The van der Waals surface area contributed by atoms with Crippen molar-refractivity contribution < 1.29 is 14.3 Å². The van der Waals surface area contributed by atoms with Crippen LogP contribution in [0.2, 0.25) is 0 Å². The van der Waals surface area contributed by atoms with E-state index in [2.05, 4.69) is 13.8 Å². The molecule has 0 heterocycles. The Hall–Kier alpha value is -1.71. The summed E-state index contributed by atoms with van der Waals surface area (Å²) in [6.07, 6.45) is 1.08. The van der Waals surface area contributed by atoms with Gasteiger partial charge in [0, 0.05) is 11.8 Å². The molecular weight excluding hydrogens is 242 g/mol. The fraction of sp³-hybridized carbons (Fsp3) is 0.533. The summed E-state index contributed by atoms with van der Waals surface area (Å²) < 4.78 is 10.7. The molecule has 0 aliphatic heterocycles. The molecule has 0 radical (unpaired) electrons. The highest BCUT2D eigenvalue weighted by atomic mass is 16.5. The van der Waals surface area contributed by atoms with E-state index >= 15 is 0 Å². The van der Waals surface area contributed by atoms with Gasteiger partial charge in [-0.2, -0.15) is 0 Å². The molecule has 4 nitrogen and oxygen atoms in total. The lowest BCUT2D eigenvalue weighted by Crippen LogP contribution is -2.18. The third-order valence-corrected chi connectivity index (χ3v) is 2.57. The Kier molecular flexibility index (Phi) is 6.19. The van der Waals surface area contributed by atoms with E-state index in [9.17, 15) is 4.79 Å². The molecule has 1 atom stereocenters. The van der Waals surface area contributed by atoms with Gasteiger partial charge in [0.05, 0.1) is 19.1 Å². The summed E-state index contributed by atoms with van der Waals surface area (Å²) in [5.41, 5.74) is 6.27. The Bertz CT molecular complexity index is 404. The van der Waals surface area contributed by atoms with Gasteiger partial charge in [-0.25, -0.2) is 0 Å². The first-order valence-corrected chi connectivity index (χ1v) is 6.65. The number of rotatable bonds is 7. The van der Waals surface area contributed by atoms with Crippen LogP contribution in [0, 0.1) is 5.92 Å². The minimum absolute atomic E-state index is 0.0418. The molecule has 0 fully saturated rings. The molecule has 1 aromatic rings. The Morgan fingerprint density at radius 1 is 1.32 bits per heavy atom. The topological polar surface area (TPSA) is 61.5 Å². The van der Waals surface area contributed by atoms with E-state index < -0.39 is 0 Å². The van der Waals surface area contributed by atoms with Crippen LogP contribution >= 0.6 is 0 Å². The molecule has 0 aromatic heterocycles. The third kappa shape index (κ3) is 6.70. The second-order valence-electron chi connectivity index (χ2n) is 5.10. The largest absolute Gasteiger partial charge is 0.493 e. The van der Waals surface area contributed by atoms with E-state index in [0.29, 0.717) is 24.0 Å². The molecule has 106 valence electrons. The van der Waals surface area contributed by atoms with Crippen LogP contribution in [-0.2, 0) is 9.53 Å². The Morgan fingerprint density at radius 2 is 2.05 bits per heavy atom. The van der Waals surface area contributed by atoms with Crippen LogP contribution in [0.15, 0.2) is 24.3 Å². The lowest BCUT2D eigenvalue weighted by molar-refractivity contribution is -0.149. The van der Waals surface area contributed by atoms with Crippen molar-refractivity contribution >= 4 is 11.7 Å². The molecule has 0 saturated heterocycles. The summed E-state index contributed by atoms with van der Waals surface area (Å²) in [4.78, 5) is 11.6. The van der Waals surface area contributed by atoms with E-state index in [1.54, 1.807) is 12.1 Å². The Balaban J connectivity index is 2.23. The average molecular weight is 265 g/mol. The van der Waals surface area contributed by atoms with Crippen LogP contribution in [-0.4, -0.2) is 18.7 Å². The maximum absolute atomic E-state index is 11.6. The normalized spacial score (nSPS) is 12.2. The molecule has 1 rings (SSSR count). The molecule has 19 heavy (non-hydrogen) atoms. The van der Waals surface area contributed by atoms with Gasteiger partial charge in [-0.3, -0.25) is 4.79 Å². The summed E-state index contributed by atoms with van der Waals surface area (Å²) in [5, 5.41) is 0. The van der Waals surface area contributed by atoms with Crippen molar-refractivity contribution in [3.8, 4) is 5.75 Å². The summed E-state index contributed by atoms with van der Waals surface area (Å²) >= 11 is 0. The highest BCUT2D eigenvalue weighted by molar-refractivity contribution is 5.69. The van der Waals surface area contributed by atoms with Crippen molar-refractivity contribution in [2.24, 2.45) is 5.92 Å². The number of ether oxygens (including phenoxy) is 2. The molecule has 0 aliphatic carbocycles. The van der Waals surface area contributed by atoms with Gasteiger partial charge in [0.1, 0.15) is 5.75 Å². The van der Waals surface area contributed by atoms with Crippen molar-refractivity contribution in [2.75, 3.05) is 12.3 Å². The third-order valence-electron chi connectivity index (χ3n) is 2.57. The minimum Gasteiger partial charge on any atom is -0.493 e. The summed E-state index contributed by atoms with van der Waals surface area (Å²) in [7, 11) is 0. The zero-order valence-electron chi connectivity index (χ0n) is 11.9. The molecule has 0 bridgehead atoms. The fourth-order valence-electron chi connectivity index (χ4n) is 1.85. The van der Waals surface area contributed by atoms with E-state index in [4.69, 9.17) is 15.2 Å². The van der Waals surface area contributed by atoms with Gasteiger partial charge in [0.15, 0.2) is 0 Å². The van der Waals surface area contributed by atoms with Crippen molar-refractivity contribution in [1.82, 2.24) is 0 Å². The summed E-state index contributed by atoms with van der Waals surface area (Å²) in [6, 6.07) is 7.14. The number of hydrogen-bond donors (Lipinski definition) is 1. The number of nitrogen functional groups attached to an aromatic ring is 1. The first kappa shape index (κ1) is 15.3. The molecular formula is C15H23NO3. The standard InChI is InChI=1S/C15H23NO3/c1-11(2)9-12(3)19-15(17)7-8-18-14-6-4-5-13(16)10-14/h4-6,10-12H,7-9,16H2,1-3H3. The maximum atomic E-state index is 11.6. The highest BCUT2D eigenvalue weighted by Gasteiger charge is 2.11. The number of hydrogen-bond acceptors (Lipinski definition) is 4. The summed E-state index contributed by atoms with van der Waals surface area (Å²) in [6.45, 7) is 6.42. The molecule has 2 N–H and O–H groups in total. The summed E-state index contributed by atoms with van der Waals surface area (Å²) in [5.74, 6) is 0.964. The predicted octanol–water partition coefficient (Wildman–Crippen LogP) is 3.02. The first-order chi connectivity index (χ1) is 8.97. The van der Waals surface area contributed by atoms with E-state index in [-0.39, 0.29) is 18.5 Å². The van der Waals surface area contributed by atoms with Gasteiger partial charge >= 0.3 is 5.97 Å². The van der Waals surface area contributed by atoms with Gasteiger partial charge < -0.3 is 15.2 Å². The molecule has 0 aliphatic rings. The van der Waals surface area contributed by atoms with Crippen molar-refractivity contribution in [1.29, 1.82) is 0 Å². The van der Waals surface area contributed by atoms with E-state index in [0.717, 1.165) is 6.42 Å². The number of carbonyl (C=O) groups is 1. The number of benzene rings is 1. The first-order valence-electron chi connectivity index (χ1n) is 6.65. The average Bonchev–Trinajstić information content (AvgIpc) is 2.27. The molecule has 0 spiro atoms. The molecule has 1 unspecified atom stereocenters. The molecule has 4 heteroatoms. The minimum atomic E-state index is -0.225. The van der Waals surface area contributed by atoms with Crippen LogP contribution < -0.4 is 10.5 Å². The Labute approximate surface area is 114 Å². The van der Waals surface area contributed by atoms with E-state index in [1.807, 2.05) is 19.1 Å². The number of carbonyl (C=O) groups excluding carboxylic acids is 1. The molecule has 0 amide bonds. The SMILES string of the molecule is CC(C)CC(C)OC(=O)CCOc1cccc(N)c1. The molecule has 0 saturated carbocycles. The van der Waals surface area contributed by atoms with Crippen LogP contribution in [0.4, 0.5) is 5.69 Å². The van der Waals surface area contributed by atoms with Crippen LogP contribution in [0.3, 0.4) is 0 Å². The number of esters is 1. The van der Waals surface area contributed by atoms with Gasteiger partial charge in [0.25, 0.3) is 0 Å². The van der Waals surface area contributed by atoms with Crippen LogP contribution in [0.5, 0.6) is 5.75 Å². The smallest absolute Gasteiger partial charge is 0.309 e. The highest BCUT2D eigenvalue weighted by Crippen LogP contribution is 2.14. The second-order valence-corrected chi connectivity index (χ2v) is 5.10. The van der Waals surface area contributed by atoms with Crippen LogP contribution in [0.25, 0.3) is 0 Å². The van der Waals surface area contributed by atoms with Gasteiger partial charge in [-0.05, 0) is 31.4 Å². The number of nitrogens with two attached hydrogens (primary N) is 1. The quantitative estimate of drug-likeness (QED) is 0.608. The zero-order valence-corrected chi connectivity index (χ0v) is 11.9. The van der Waals surface area contributed by atoms with Gasteiger partial charge in [-0.15, -0.1) is 0 Å².